The smallest absolute Gasteiger partial charge is 0.236 e. The zero-order valence-corrected chi connectivity index (χ0v) is 16.2. The van der Waals surface area contributed by atoms with E-state index in [4.69, 9.17) is 0 Å². The van der Waals surface area contributed by atoms with Gasteiger partial charge in [-0.25, -0.2) is 4.98 Å². The van der Waals surface area contributed by atoms with E-state index in [-0.39, 0.29) is 11.8 Å². The molecule has 0 radical (unpaired) electrons. The minimum atomic E-state index is -0.105. The number of hydrogen-bond acceptors (Lipinski definition) is 5. The molecule has 3 rings (SSSR count). The zero-order valence-electron chi connectivity index (χ0n) is 14.5. The largest absolute Gasteiger partial charge is 0.326 e. The van der Waals surface area contributed by atoms with E-state index >= 15 is 0 Å². The number of aryl methyl sites for hydroxylation is 1. The van der Waals surface area contributed by atoms with Crippen LogP contribution in [-0.4, -0.2) is 22.6 Å². The van der Waals surface area contributed by atoms with Crippen LogP contribution >= 0.6 is 23.1 Å². The molecular formula is C19H19N3O2S2. The number of thioether (sulfide) groups is 1. The lowest BCUT2D eigenvalue weighted by Crippen LogP contribution is -2.13. The monoisotopic (exact) mass is 385 g/mol. The highest BCUT2D eigenvalue weighted by atomic mass is 32.2. The van der Waals surface area contributed by atoms with Crippen LogP contribution in [0.4, 0.5) is 10.8 Å². The molecule has 3 aromatic rings. The summed E-state index contributed by atoms with van der Waals surface area (Å²) in [6.45, 7) is 3.59. The Bertz CT molecular complexity index is 936. The summed E-state index contributed by atoms with van der Waals surface area (Å²) in [5.41, 5.74) is 2.91. The molecule has 0 unspecified atom stereocenters. The summed E-state index contributed by atoms with van der Waals surface area (Å²) in [5, 5.41) is 6.21. The second-order valence-electron chi connectivity index (χ2n) is 5.72. The predicted octanol–water partition coefficient (Wildman–Crippen LogP) is 4.55. The van der Waals surface area contributed by atoms with Gasteiger partial charge in [-0.15, -0.1) is 11.8 Å². The van der Waals surface area contributed by atoms with Gasteiger partial charge in [0.1, 0.15) is 0 Å². The van der Waals surface area contributed by atoms with Crippen LogP contribution in [0.15, 0.2) is 47.4 Å². The highest BCUT2D eigenvalue weighted by molar-refractivity contribution is 8.00. The van der Waals surface area contributed by atoms with Crippen LogP contribution in [0.2, 0.25) is 0 Å². The molecule has 7 heteroatoms. The van der Waals surface area contributed by atoms with Crippen molar-refractivity contribution in [2.24, 2.45) is 0 Å². The number of carbonyl (C=O) groups is 2. The Balaban J connectivity index is 1.56. The fourth-order valence-electron chi connectivity index (χ4n) is 2.38. The number of nitrogens with one attached hydrogen (secondary N) is 2. The van der Waals surface area contributed by atoms with Gasteiger partial charge in [0.25, 0.3) is 0 Å². The number of anilines is 2. The standard InChI is InChI=1S/C19H19N3O2S2/c1-3-13-4-9-16-17(10-13)26-19(21-16)22-18(24)11-25-15-7-5-14(6-8-15)20-12(2)23/h4-10H,3,11H2,1-2H3,(H,20,23)(H,21,22,24). The Hall–Kier alpha value is -2.38. The van der Waals surface area contributed by atoms with Crippen molar-refractivity contribution >= 4 is 55.9 Å². The first kappa shape index (κ1) is 18.4. The molecule has 0 aliphatic carbocycles. The molecule has 2 amide bonds. The summed E-state index contributed by atoms with van der Waals surface area (Å²) in [5.74, 6) is 0.109. The third-order valence-corrected chi connectivity index (χ3v) is 5.60. The lowest BCUT2D eigenvalue weighted by atomic mass is 10.2. The number of carbonyl (C=O) groups excluding carboxylic acids is 2. The first-order chi connectivity index (χ1) is 12.5. The van der Waals surface area contributed by atoms with Crippen molar-refractivity contribution in [3.05, 3.63) is 48.0 Å². The number of amides is 2. The van der Waals surface area contributed by atoms with Crippen LogP contribution in [0.1, 0.15) is 19.4 Å². The van der Waals surface area contributed by atoms with Crippen molar-refractivity contribution in [2.75, 3.05) is 16.4 Å². The first-order valence-electron chi connectivity index (χ1n) is 8.23. The minimum absolute atomic E-state index is 0.0873. The Kier molecular flexibility index (Phi) is 5.90. The van der Waals surface area contributed by atoms with Gasteiger partial charge in [0.15, 0.2) is 5.13 Å². The molecule has 1 aromatic heterocycles. The Morgan fingerprint density at radius 1 is 1.12 bits per heavy atom. The molecule has 5 nitrogen and oxygen atoms in total. The van der Waals surface area contributed by atoms with Crippen molar-refractivity contribution < 1.29 is 9.59 Å². The lowest BCUT2D eigenvalue weighted by Gasteiger charge is -2.04. The molecule has 26 heavy (non-hydrogen) atoms. The van der Waals surface area contributed by atoms with Gasteiger partial charge in [-0.3, -0.25) is 9.59 Å². The summed E-state index contributed by atoms with van der Waals surface area (Å²) < 4.78 is 1.08. The molecule has 1 heterocycles. The van der Waals surface area contributed by atoms with E-state index in [9.17, 15) is 9.59 Å². The summed E-state index contributed by atoms with van der Waals surface area (Å²) >= 11 is 2.93. The van der Waals surface area contributed by atoms with Crippen LogP contribution < -0.4 is 10.6 Å². The second-order valence-corrected chi connectivity index (χ2v) is 7.80. The number of rotatable bonds is 6. The number of hydrogen-bond donors (Lipinski definition) is 2. The van der Waals surface area contributed by atoms with Gasteiger partial charge in [0.2, 0.25) is 11.8 Å². The number of aromatic nitrogens is 1. The molecule has 0 bridgehead atoms. The third kappa shape index (κ3) is 4.83. The SMILES string of the molecule is CCc1ccc2nc(NC(=O)CSc3ccc(NC(C)=O)cc3)sc2c1. The van der Waals surface area contributed by atoms with Crippen molar-refractivity contribution in [3.8, 4) is 0 Å². The zero-order chi connectivity index (χ0) is 18.5. The van der Waals surface area contributed by atoms with E-state index in [0.717, 1.165) is 27.2 Å². The first-order valence-corrected chi connectivity index (χ1v) is 10.0. The number of thiazole rings is 1. The van der Waals surface area contributed by atoms with Crippen LogP contribution in [0.5, 0.6) is 0 Å². The summed E-state index contributed by atoms with van der Waals surface area (Å²) in [6, 6.07) is 13.6. The van der Waals surface area contributed by atoms with E-state index in [1.165, 1.54) is 35.6 Å². The molecule has 0 spiro atoms. The van der Waals surface area contributed by atoms with Gasteiger partial charge in [0, 0.05) is 17.5 Å². The molecular weight excluding hydrogens is 366 g/mol. The fourth-order valence-corrected chi connectivity index (χ4v) is 4.03. The van der Waals surface area contributed by atoms with E-state index in [0.29, 0.717) is 10.9 Å². The molecule has 0 aliphatic rings. The van der Waals surface area contributed by atoms with Gasteiger partial charge in [-0.05, 0) is 48.4 Å². The topological polar surface area (TPSA) is 71.1 Å². The van der Waals surface area contributed by atoms with E-state index < -0.39 is 0 Å². The molecule has 2 N–H and O–H groups in total. The maximum absolute atomic E-state index is 12.2. The number of benzene rings is 2. The summed E-state index contributed by atoms with van der Waals surface area (Å²) in [4.78, 5) is 28.6. The normalized spacial score (nSPS) is 10.7. The minimum Gasteiger partial charge on any atom is -0.326 e. The average molecular weight is 386 g/mol. The average Bonchev–Trinajstić information content (AvgIpc) is 3.01. The van der Waals surface area contributed by atoms with E-state index in [2.05, 4.69) is 34.7 Å². The van der Waals surface area contributed by atoms with Gasteiger partial charge in [-0.1, -0.05) is 24.3 Å². The molecule has 0 saturated carbocycles. The molecule has 0 aliphatic heterocycles. The van der Waals surface area contributed by atoms with Crippen molar-refractivity contribution in [2.45, 2.75) is 25.2 Å². The number of nitrogens with zero attached hydrogens (tertiary/aromatic N) is 1. The Morgan fingerprint density at radius 2 is 1.88 bits per heavy atom. The van der Waals surface area contributed by atoms with Crippen molar-refractivity contribution in [1.29, 1.82) is 0 Å². The highest BCUT2D eigenvalue weighted by Gasteiger charge is 2.09. The quantitative estimate of drug-likeness (QED) is 0.611. The maximum Gasteiger partial charge on any atom is 0.236 e. The fraction of sp³-hybridized carbons (Fsp3) is 0.211. The van der Waals surface area contributed by atoms with Crippen LogP contribution in [0.3, 0.4) is 0 Å². The maximum atomic E-state index is 12.2. The van der Waals surface area contributed by atoms with Crippen molar-refractivity contribution in [1.82, 2.24) is 4.98 Å². The lowest BCUT2D eigenvalue weighted by molar-refractivity contribution is -0.114. The van der Waals surface area contributed by atoms with Gasteiger partial charge < -0.3 is 10.6 Å². The Labute approximate surface area is 160 Å². The second kappa shape index (κ2) is 8.33. The molecule has 0 atom stereocenters. The summed E-state index contributed by atoms with van der Waals surface area (Å²) in [6.07, 6.45) is 0.979. The van der Waals surface area contributed by atoms with Gasteiger partial charge in [-0.2, -0.15) is 0 Å². The third-order valence-electron chi connectivity index (χ3n) is 3.65. The van der Waals surface area contributed by atoms with E-state index in [1.54, 1.807) is 0 Å². The van der Waals surface area contributed by atoms with Crippen LogP contribution in [-0.2, 0) is 16.0 Å². The van der Waals surface area contributed by atoms with Gasteiger partial charge >= 0.3 is 0 Å². The molecule has 134 valence electrons. The predicted molar refractivity (Wildman–Crippen MR) is 109 cm³/mol. The van der Waals surface area contributed by atoms with Gasteiger partial charge in [0.05, 0.1) is 16.0 Å². The highest BCUT2D eigenvalue weighted by Crippen LogP contribution is 2.27. The van der Waals surface area contributed by atoms with Crippen LogP contribution in [0.25, 0.3) is 10.2 Å². The van der Waals surface area contributed by atoms with E-state index in [1.807, 2.05) is 30.3 Å². The molecule has 0 saturated heterocycles. The molecule has 2 aromatic carbocycles. The number of fused-ring (bicyclic) bond motifs is 1. The molecule has 0 fully saturated rings. The Morgan fingerprint density at radius 3 is 2.58 bits per heavy atom. The van der Waals surface area contributed by atoms with Crippen LogP contribution in [0, 0.1) is 0 Å². The summed E-state index contributed by atoms with van der Waals surface area (Å²) in [7, 11) is 0. The van der Waals surface area contributed by atoms with Crippen molar-refractivity contribution in [3.63, 3.8) is 0 Å².